The van der Waals surface area contributed by atoms with Gasteiger partial charge in [-0.1, -0.05) is 0 Å². The number of aldehydes is 1. The molecule has 1 aromatic heterocycles. The van der Waals surface area contributed by atoms with Crippen molar-refractivity contribution in [2.75, 3.05) is 69.3 Å². The van der Waals surface area contributed by atoms with Crippen molar-refractivity contribution in [1.29, 1.82) is 0 Å². The van der Waals surface area contributed by atoms with Crippen molar-refractivity contribution in [1.82, 2.24) is 26.1 Å². The van der Waals surface area contributed by atoms with Gasteiger partial charge in [-0.2, -0.15) is 0 Å². The molecule has 1 atom stereocenters. The zero-order chi connectivity index (χ0) is 24.4. The van der Waals surface area contributed by atoms with E-state index < -0.39 is 9.84 Å². The van der Waals surface area contributed by atoms with E-state index in [1.54, 1.807) is 24.3 Å². The average molecular weight is 492 g/mol. The van der Waals surface area contributed by atoms with Gasteiger partial charge in [-0.25, -0.2) is 13.4 Å². The lowest BCUT2D eigenvalue weighted by Gasteiger charge is -2.35. The summed E-state index contributed by atoms with van der Waals surface area (Å²) in [5.41, 5.74) is 5.10. The van der Waals surface area contributed by atoms with E-state index in [2.05, 4.69) is 31.3 Å². The van der Waals surface area contributed by atoms with Crippen LogP contribution in [0.25, 0.3) is 0 Å². The van der Waals surface area contributed by atoms with E-state index in [1.165, 1.54) is 6.26 Å². The van der Waals surface area contributed by atoms with Crippen molar-refractivity contribution in [2.45, 2.75) is 23.8 Å². The first kappa shape index (κ1) is 26.2. The number of carbonyl (C=O) groups is 1. The SMILES string of the molecule is C1CNCCN1.CN(CC=O)N[C@@H]1CCCN(c2cc(Nc3ccc(S(C)(=O)=O)cc3)c[nH]2)C1. The molecule has 5 N–H and O–H groups in total. The Bertz CT molecular complexity index is 979. The van der Waals surface area contributed by atoms with Gasteiger partial charge >= 0.3 is 0 Å². The number of piperidine rings is 1. The molecule has 2 fully saturated rings. The summed E-state index contributed by atoms with van der Waals surface area (Å²) in [6.07, 6.45) is 6.12. The fraction of sp³-hybridized carbons (Fsp3) is 0.522. The molecule has 0 amide bonds. The number of nitrogens with one attached hydrogen (secondary N) is 5. The summed E-state index contributed by atoms with van der Waals surface area (Å²) < 4.78 is 23.1. The molecule has 188 valence electrons. The molecule has 34 heavy (non-hydrogen) atoms. The number of aromatic amines is 1. The van der Waals surface area contributed by atoms with Crippen molar-refractivity contribution in [3.63, 3.8) is 0 Å². The topological polar surface area (TPSA) is 122 Å². The molecule has 0 aliphatic carbocycles. The van der Waals surface area contributed by atoms with Gasteiger partial charge in [0, 0.05) is 76.6 Å². The lowest BCUT2D eigenvalue weighted by molar-refractivity contribution is -0.109. The molecule has 2 saturated heterocycles. The summed E-state index contributed by atoms with van der Waals surface area (Å²) >= 11 is 0. The summed E-state index contributed by atoms with van der Waals surface area (Å²) in [6, 6.07) is 9.05. The van der Waals surface area contributed by atoms with E-state index in [0.717, 1.165) is 75.6 Å². The monoisotopic (exact) mass is 491 g/mol. The highest BCUT2D eigenvalue weighted by molar-refractivity contribution is 7.90. The van der Waals surface area contributed by atoms with Crippen molar-refractivity contribution >= 4 is 33.3 Å². The van der Waals surface area contributed by atoms with Crippen LogP contribution in [0.4, 0.5) is 17.2 Å². The minimum absolute atomic E-state index is 0.293. The molecule has 4 rings (SSSR count). The van der Waals surface area contributed by atoms with Gasteiger partial charge in [0.1, 0.15) is 12.1 Å². The van der Waals surface area contributed by atoms with E-state index >= 15 is 0 Å². The van der Waals surface area contributed by atoms with Crippen molar-refractivity contribution < 1.29 is 13.2 Å². The fourth-order valence-corrected chi connectivity index (χ4v) is 4.60. The minimum Gasteiger partial charge on any atom is -0.357 e. The number of benzene rings is 1. The predicted octanol–water partition coefficient (Wildman–Crippen LogP) is 0.945. The van der Waals surface area contributed by atoms with E-state index in [9.17, 15) is 13.2 Å². The molecular weight excluding hydrogens is 454 g/mol. The van der Waals surface area contributed by atoms with Crippen LogP contribution in [0.15, 0.2) is 41.4 Å². The first-order valence-electron chi connectivity index (χ1n) is 11.7. The molecule has 2 aliphatic rings. The Kier molecular flexibility index (Phi) is 9.90. The Morgan fingerprint density at radius 2 is 1.79 bits per heavy atom. The third-order valence-electron chi connectivity index (χ3n) is 5.71. The second kappa shape index (κ2) is 12.9. The fourth-order valence-electron chi connectivity index (χ4n) is 3.97. The summed E-state index contributed by atoms with van der Waals surface area (Å²) in [7, 11) is -1.32. The summed E-state index contributed by atoms with van der Waals surface area (Å²) in [5, 5.41) is 11.6. The summed E-state index contributed by atoms with van der Waals surface area (Å²) in [5.74, 6) is 1.03. The summed E-state index contributed by atoms with van der Waals surface area (Å²) in [6.45, 7) is 6.75. The molecule has 2 aromatic rings. The first-order valence-corrected chi connectivity index (χ1v) is 13.6. The predicted molar refractivity (Wildman–Crippen MR) is 136 cm³/mol. The van der Waals surface area contributed by atoms with Crippen LogP contribution < -0.4 is 26.3 Å². The van der Waals surface area contributed by atoms with Gasteiger partial charge in [0.2, 0.25) is 0 Å². The van der Waals surface area contributed by atoms with Crippen LogP contribution in [0.2, 0.25) is 0 Å². The van der Waals surface area contributed by atoms with Crippen molar-refractivity contribution in [2.24, 2.45) is 0 Å². The van der Waals surface area contributed by atoms with Gasteiger partial charge in [0.15, 0.2) is 9.84 Å². The molecule has 1 aromatic carbocycles. The normalized spacial score (nSPS) is 18.8. The molecule has 2 aliphatic heterocycles. The van der Waals surface area contributed by atoms with Crippen LogP contribution in [-0.2, 0) is 14.6 Å². The smallest absolute Gasteiger partial charge is 0.175 e. The molecule has 0 radical (unpaired) electrons. The second-order valence-electron chi connectivity index (χ2n) is 8.66. The second-order valence-corrected chi connectivity index (χ2v) is 10.7. The molecule has 0 unspecified atom stereocenters. The molecule has 0 bridgehead atoms. The Balaban J connectivity index is 0.000000469. The van der Waals surface area contributed by atoms with Crippen molar-refractivity contribution in [3.8, 4) is 0 Å². The molecule has 0 saturated carbocycles. The van der Waals surface area contributed by atoms with Crippen LogP contribution >= 0.6 is 0 Å². The Labute approximate surface area is 202 Å². The van der Waals surface area contributed by atoms with E-state index in [-0.39, 0.29) is 0 Å². The zero-order valence-electron chi connectivity index (χ0n) is 20.0. The third-order valence-corrected chi connectivity index (χ3v) is 6.84. The Hall–Kier alpha value is -2.44. The number of carbonyl (C=O) groups excluding carboxylic acids is 1. The maximum absolute atomic E-state index is 11.6. The van der Waals surface area contributed by atoms with Crippen LogP contribution in [0.3, 0.4) is 0 Å². The van der Waals surface area contributed by atoms with E-state index in [1.807, 2.05) is 24.3 Å². The maximum atomic E-state index is 11.6. The number of piperazine rings is 1. The highest BCUT2D eigenvalue weighted by Crippen LogP contribution is 2.25. The minimum atomic E-state index is -3.19. The summed E-state index contributed by atoms with van der Waals surface area (Å²) in [4.78, 5) is 16.5. The van der Waals surface area contributed by atoms with Gasteiger partial charge in [0.05, 0.1) is 17.1 Å². The number of rotatable bonds is 8. The van der Waals surface area contributed by atoms with Crippen molar-refractivity contribution in [3.05, 3.63) is 36.5 Å². The molecule has 11 heteroatoms. The number of likely N-dealkylation sites (N-methyl/N-ethyl adjacent to an activating group) is 1. The van der Waals surface area contributed by atoms with Crippen LogP contribution in [0, 0.1) is 0 Å². The standard InChI is InChI=1S/C19H27N5O3S.C4H10N2/c1-23(10-11-25)22-16-4-3-9-24(14-16)19-12-17(13-20-19)21-15-5-7-18(8-6-15)28(2,26)27;1-2-6-4-3-5-1/h5-8,11-13,16,20-22H,3-4,9-10,14H2,1-2H3;5-6H,1-4H2/t16-;/m1./s1. The number of nitrogens with zero attached hydrogens (tertiary/aromatic N) is 2. The first-order chi connectivity index (χ1) is 16.3. The number of anilines is 3. The van der Waals surface area contributed by atoms with Gasteiger partial charge < -0.3 is 30.6 Å². The van der Waals surface area contributed by atoms with Gasteiger partial charge in [-0.05, 0) is 37.1 Å². The van der Waals surface area contributed by atoms with Crippen LogP contribution in [0.5, 0.6) is 0 Å². The Morgan fingerprint density at radius 3 is 2.38 bits per heavy atom. The molecule has 3 heterocycles. The third kappa shape index (κ3) is 8.41. The Morgan fingerprint density at radius 1 is 1.12 bits per heavy atom. The van der Waals surface area contributed by atoms with Gasteiger partial charge in [-0.15, -0.1) is 0 Å². The van der Waals surface area contributed by atoms with Crippen LogP contribution in [-0.4, -0.2) is 89.9 Å². The van der Waals surface area contributed by atoms with Gasteiger partial charge in [0.25, 0.3) is 0 Å². The lowest BCUT2D eigenvalue weighted by atomic mass is 10.1. The number of aromatic nitrogens is 1. The highest BCUT2D eigenvalue weighted by Gasteiger charge is 2.22. The average Bonchev–Trinajstić information content (AvgIpc) is 3.29. The molecular formula is C23H37N7O3S. The largest absolute Gasteiger partial charge is 0.357 e. The number of H-pyrrole nitrogens is 1. The van der Waals surface area contributed by atoms with Crippen LogP contribution in [0.1, 0.15) is 12.8 Å². The van der Waals surface area contributed by atoms with E-state index in [0.29, 0.717) is 17.5 Å². The number of hydrogen-bond acceptors (Lipinski definition) is 9. The molecule has 10 nitrogen and oxygen atoms in total. The number of hydrogen-bond donors (Lipinski definition) is 5. The number of sulfone groups is 1. The van der Waals surface area contributed by atoms with E-state index in [4.69, 9.17) is 0 Å². The number of hydrazine groups is 1. The lowest BCUT2D eigenvalue weighted by Crippen LogP contribution is -2.51. The van der Waals surface area contributed by atoms with Gasteiger partial charge in [-0.3, -0.25) is 5.43 Å². The highest BCUT2D eigenvalue weighted by atomic mass is 32.2. The zero-order valence-corrected chi connectivity index (χ0v) is 20.8. The quantitative estimate of drug-likeness (QED) is 0.271. The maximum Gasteiger partial charge on any atom is 0.175 e. The molecule has 0 spiro atoms.